The standard InChI is InChI=1S/C40H40N4O3/c1-2-47-40(46)32-19-17-29(18-20-32)23-36-27-42(26-30-11-5-3-6-12-30)21-22-43(36)39(45)37-38(31-13-7-4-8-14-31)44(28-41-37)35-24-33-15-9-10-16-34(33)25-35/h3-20,28,35-36H,2,21-27H2,1H3/t36-/m1/s1. The van der Waals surface area contributed by atoms with Gasteiger partial charge in [-0.15, -0.1) is 0 Å². The Balaban J connectivity index is 1.19. The van der Waals surface area contributed by atoms with Crippen LogP contribution >= 0.6 is 0 Å². The second kappa shape index (κ2) is 13.8. The maximum absolute atomic E-state index is 14.7. The Labute approximate surface area is 276 Å². The fraction of sp³-hybridized carbons (Fsp3) is 0.275. The average Bonchev–Trinajstić information content (AvgIpc) is 3.74. The quantitative estimate of drug-likeness (QED) is 0.172. The fourth-order valence-corrected chi connectivity index (χ4v) is 7.16. The number of carbonyl (C=O) groups is 2. The molecule has 0 N–H and O–H groups in total. The molecule has 7 nitrogen and oxygen atoms in total. The van der Waals surface area contributed by atoms with Crippen LogP contribution in [-0.4, -0.2) is 63.5 Å². The SMILES string of the molecule is CCOC(=O)c1ccc(C[C@@H]2CN(Cc3ccccc3)CCN2C(=O)c2ncn(C3Cc4ccccc4C3)c2-c2ccccc2)cc1. The average molecular weight is 625 g/mol. The van der Waals surface area contributed by atoms with Crippen LogP contribution in [-0.2, 0) is 30.5 Å². The Kier molecular flexibility index (Phi) is 8.98. The van der Waals surface area contributed by atoms with Crippen molar-refractivity contribution < 1.29 is 14.3 Å². The van der Waals surface area contributed by atoms with Crippen LogP contribution in [0.25, 0.3) is 11.3 Å². The Morgan fingerprint density at radius 2 is 1.45 bits per heavy atom. The minimum Gasteiger partial charge on any atom is -0.462 e. The predicted octanol–water partition coefficient (Wildman–Crippen LogP) is 6.64. The Bertz CT molecular complexity index is 1810. The van der Waals surface area contributed by atoms with Crippen LogP contribution in [0.4, 0.5) is 0 Å². The van der Waals surface area contributed by atoms with E-state index in [1.54, 1.807) is 6.92 Å². The minimum absolute atomic E-state index is 0.0365. The van der Waals surface area contributed by atoms with Gasteiger partial charge in [0, 0.05) is 43.8 Å². The van der Waals surface area contributed by atoms with Crippen molar-refractivity contribution >= 4 is 11.9 Å². The lowest BCUT2D eigenvalue weighted by Gasteiger charge is -2.41. The largest absolute Gasteiger partial charge is 0.462 e. The van der Waals surface area contributed by atoms with Gasteiger partial charge in [0.15, 0.2) is 5.69 Å². The van der Waals surface area contributed by atoms with Gasteiger partial charge < -0.3 is 14.2 Å². The van der Waals surface area contributed by atoms with Gasteiger partial charge in [0.1, 0.15) is 0 Å². The number of piperazine rings is 1. The van der Waals surface area contributed by atoms with E-state index in [2.05, 4.69) is 70.1 Å². The van der Waals surface area contributed by atoms with E-state index in [0.29, 0.717) is 30.8 Å². The highest BCUT2D eigenvalue weighted by Crippen LogP contribution is 2.35. The molecule has 0 saturated carbocycles. The van der Waals surface area contributed by atoms with Crippen molar-refractivity contribution in [1.29, 1.82) is 0 Å². The van der Waals surface area contributed by atoms with E-state index in [0.717, 1.165) is 49.3 Å². The molecular formula is C40H40N4O3. The normalized spacial score (nSPS) is 16.6. The first kappa shape index (κ1) is 30.6. The van der Waals surface area contributed by atoms with Gasteiger partial charge in [0.25, 0.3) is 5.91 Å². The summed E-state index contributed by atoms with van der Waals surface area (Å²) in [5.41, 5.74) is 7.97. The first-order chi connectivity index (χ1) is 23.1. The number of benzene rings is 4. The highest BCUT2D eigenvalue weighted by atomic mass is 16.5. The third-order valence-corrected chi connectivity index (χ3v) is 9.48. The summed E-state index contributed by atoms with van der Waals surface area (Å²) >= 11 is 0. The molecule has 1 saturated heterocycles. The number of carbonyl (C=O) groups excluding carboxylic acids is 2. The summed E-state index contributed by atoms with van der Waals surface area (Å²) < 4.78 is 7.42. The summed E-state index contributed by atoms with van der Waals surface area (Å²) in [6, 6.07) is 37.0. The van der Waals surface area contributed by atoms with E-state index < -0.39 is 0 Å². The molecule has 1 aliphatic carbocycles. The number of imidazole rings is 1. The van der Waals surface area contributed by atoms with Gasteiger partial charge >= 0.3 is 5.97 Å². The zero-order valence-corrected chi connectivity index (χ0v) is 26.8. The molecule has 2 aliphatic rings. The third-order valence-electron chi connectivity index (χ3n) is 9.48. The molecule has 0 radical (unpaired) electrons. The van der Waals surface area contributed by atoms with Crippen molar-refractivity contribution in [3.8, 4) is 11.3 Å². The number of hydrogen-bond donors (Lipinski definition) is 0. The second-order valence-electron chi connectivity index (χ2n) is 12.5. The molecule has 1 atom stereocenters. The molecule has 1 fully saturated rings. The van der Waals surface area contributed by atoms with Crippen LogP contribution in [0.1, 0.15) is 56.1 Å². The summed E-state index contributed by atoms with van der Waals surface area (Å²) in [5, 5.41) is 0. The predicted molar refractivity (Wildman–Crippen MR) is 183 cm³/mol. The van der Waals surface area contributed by atoms with Crippen molar-refractivity contribution in [2.45, 2.75) is 44.8 Å². The van der Waals surface area contributed by atoms with Gasteiger partial charge in [-0.25, -0.2) is 9.78 Å². The summed E-state index contributed by atoms with van der Waals surface area (Å²) in [6.45, 7) is 5.09. The van der Waals surface area contributed by atoms with Gasteiger partial charge in [0.2, 0.25) is 0 Å². The number of rotatable bonds is 9. The molecule has 0 bridgehead atoms. The number of ether oxygens (including phenoxy) is 1. The molecule has 238 valence electrons. The van der Waals surface area contributed by atoms with Gasteiger partial charge in [-0.2, -0.15) is 0 Å². The zero-order valence-electron chi connectivity index (χ0n) is 26.8. The van der Waals surface area contributed by atoms with Gasteiger partial charge in [-0.05, 0) is 60.6 Å². The fourth-order valence-electron chi connectivity index (χ4n) is 7.16. The molecule has 0 unspecified atom stereocenters. The van der Waals surface area contributed by atoms with Gasteiger partial charge in [0.05, 0.1) is 24.2 Å². The maximum Gasteiger partial charge on any atom is 0.338 e. The Morgan fingerprint density at radius 3 is 2.13 bits per heavy atom. The summed E-state index contributed by atoms with van der Waals surface area (Å²) in [7, 11) is 0. The number of nitrogens with zero attached hydrogens (tertiary/aromatic N) is 4. The number of amides is 1. The summed E-state index contributed by atoms with van der Waals surface area (Å²) in [5.74, 6) is -0.359. The molecule has 7 rings (SSSR count). The summed E-state index contributed by atoms with van der Waals surface area (Å²) in [6.07, 6.45) is 4.38. The first-order valence-electron chi connectivity index (χ1n) is 16.6. The van der Waals surface area contributed by atoms with Crippen molar-refractivity contribution in [3.63, 3.8) is 0 Å². The van der Waals surface area contributed by atoms with Crippen molar-refractivity contribution in [1.82, 2.24) is 19.4 Å². The molecular weight excluding hydrogens is 584 g/mol. The monoisotopic (exact) mass is 624 g/mol. The minimum atomic E-state index is -0.322. The first-order valence-corrected chi connectivity index (χ1v) is 16.6. The molecule has 47 heavy (non-hydrogen) atoms. The van der Waals surface area contributed by atoms with Crippen LogP contribution in [0.2, 0.25) is 0 Å². The van der Waals surface area contributed by atoms with Crippen molar-refractivity contribution in [2.75, 3.05) is 26.2 Å². The van der Waals surface area contributed by atoms with Crippen molar-refractivity contribution in [2.24, 2.45) is 0 Å². The Morgan fingerprint density at radius 1 is 0.787 bits per heavy atom. The van der Waals surface area contributed by atoms with Crippen LogP contribution in [0, 0.1) is 0 Å². The smallest absolute Gasteiger partial charge is 0.338 e. The van der Waals surface area contributed by atoms with E-state index in [1.165, 1.54) is 16.7 Å². The Hall–Kier alpha value is -5.01. The van der Waals surface area contributed by atoms with E-state index >= 15 is 0 Å². The number of esters is 1. The highest BCUT2D eigenvalue weighted by Gasteiger charge is 2.35. The number of aromatic nitrogens is 2. The van der Waals surface area contributed by atoms with Crippen molar-refractivity contribution in [3.05, 3.63) is 149 Å². The van der Waals surface area contributed by atoms with Crippen LogP contribution in [0.3, 0.4) is 0 Å². The molecule has 1 aliphatic heterocycles. The van der Waals surface area contributed by atoms with Crippen LogP contribution in [0.15, 0.2) is 116 Å². The lowest BCUT2D eigenvalue weighted by molar-refractivity contribution is 0.0434. The molecule has 4 aromatic carbocycles. The molecule has 1 amide bonds. The molecule has 2 heterocycles. The zero-order chi connectivity index (χ0) is 32.2. The highest BCUT2D eigenvalue weighted by molar-refractivity contribution is 5.98. The van der Waals surface area contributed by atoms with E-state index in [-0.39, 0.29) is 24.0 Å². The van der Waals surface area contributed by atoms with E-state index in [4.69, 9.17) is 9.72 Å². The second-order valence-corrected chi connectivity index (χ2v) is 12.5. The van der Waals surface area contributed by atoms with E-state index in [1.807, 2.05) is 59.8 Å². The molecule has 1 aromatic heterocycles. The molecule has 5 aromatic rings. The summed E-state index contributed by atoms with van der Waals surface area (Å²) in [4.78, 5) is 36.3. The number of hydrogen-bond acceptors (Lipinski definition) is 5. The van der Waals surface area contributed by atoms with Crippen LogP contribution in [0.5, 0.6) is 0 Å². The van der Waals surface area contributed by atoms with Crippen LogP contribution < -0.4 is 0 Å². The van der Waals surface area contributed by atoms with E-state index in [9.17, 15) is 9.59 Å². The lowest BCUT2D eigenvalue weighted by Crippen LogP contribution is -2.55. The van der Waals surface area contributed by atoms with Gasteiger partial charge in [-0.3, -0.25) is 9.69 Å². The lowest BCUT2D eigenvalue weighted by atomic mass is 9.99. The maximum atomic E-state index is 14.7. The molecule has 7 heteroatoms. The molecule has 0 spiro atoms. The van der Waals surface area contributed by atoms with Gasteiger partial charge in [-0.1, -0.05) is 97.1 Å². The third kappa shape index (κ3) is 6.62. The topological polar surface area (TPSA) is 67.7 Å². The number of fused-ring (bicyclic) bond motifs is 1.